The highest BCUT2D eigenvalue weighted by Gasteiger charge is 2.52. The first-order chi connectivity index (χ1) is 16.0. The van der Waals surface area contributed by atoms with Crippen LogP contribution in [0.2, 0.25) is 0 Å². The third-order valence-electron chi connectivity index (χ3n) is 7.78. The van der Waals surface area contributed by atoms with Crippen LogP contribution in [0.1, 0.15) is 57.6 Å². The van der Waals surface area contributed by atoms with Crippen molar-refractivity contribution in [2.24, 2.45) is 10.8 Å². The van der Waals surface area contributed by atoms with Crippen molar-refractivity contribution in [3.05, 3.63) is 59.7 Å². The molecule has 7 heteroatoms. The molecule has 0 bridgehead atoms. The predicted octanol–water partition coefficient (Wildman–Crippen LogP) is 4.31. The van der Waals surface area contributed by atoms with Crippen molar-refractivity contribution in [1.29, 1.82) is 0 Å². The highest BCUT2D eigenvalue weighted by Crippen LogP contribution is 2.46. The molecule has 180 valence electrons. The molecule has 0 aromatic heterocycles. The third kappa shape index (κ3) is 4.15. The van der Waals surface area contributed by atoms with E-state index < -0.39 is 28.4 Å². The topological polar surface area (TPSA) is 105 Å². The lowest BCUT2D eigenvalue weighted by molar-refractivity contribution is -0.143. The molecule has 1 saturated carbocycles. The Labute approximate surface area is 199 Å². The van der Waals surface area contributed by atoms with Crippen molar-refractivity contribution in [2.75, 3.05) is 13.2 Å². The second-order valence-corrected chi connectivity index (χ2v) is 10.5. The quantitative estimate of drug-likeness (QED) is 0.540. The number of ether oxygens (including phenoxy) is 1. The summed E-state index contributed by atoms with van der Waals surface area (Å²) in [6.07, 6.45) is 0.520. The van der Waals surface area contributed by atoms with Gasteiger partial charge in [0.2, 0.25) is 5.91 Å². The Hall–Kier alpha value is -3.35. The van der Waals surface area contributed by atoms with Gasteiger partial charge in [0.05, 0.1) is 16.4 Å². The lowest BCUT2D eigenvalue weighted by Crippen LogP contribution is -2.60. The number of hydrogen-bond acceptors (Lipinski definition) is 4. The maximum atomic E-state index is 12.9. The van der Waals surface area contributed by atoms with Crippen molar-refractivity contribution >= 4 is 18.0 Å². The van der Waals surface area contributed by atoms with Gasteiger partial charge in [0, 0.05) is 12.5 Å². The summed E-state index contributed by atoms with van der Waals surface area (Å²) in [4.78, 5) is 37.1. The van der Waals surface area contributed by atoms with Crippen molar-refractivity contribution in [2.45, 2.75) is 52.0 Å². The Morgan fingerprint density at radius 3 is 2.00 bits per heavy atom. The zero-order valence-corrected chi connectivity index (χ0v) is 20.1. The molecule has 2 amide bonds. The molecule has 2 aromatic carbocycles. The van der Waals surface area contributed by atoms with Gasteiger partial charge in [-0.2, -0.15) is 0 Å². The Morgan fingerprint density at radius 2 is 1.50 bits per heavy atom. The Balaban J connectivity index is 1.38. The van der Waals surface area contributed by atoms with E-state index in [4.69, 9.17) is 4.74 Å². The molecule has 0 saturated heterocycles. The largest absolute Gasteiger partial charge is 0.481 e. The number of hydrogen-bond donors (Lipinski definition) is 3. The van der Waals surface area contributed by atoms with E-state index in [0.29, 0.717) is 12.8 Å². The summed E-state index contributed by atoms with van der Waals surface area (Å²) in [7, 11) is 0. The van der Waals surface area contributed by atoms with E-state index >= 15 is 0 Å². The highest BCUT2D eigenvalue weighted by molar-refractivity contribution is 5.86. The van der Waals surface area contributed by atoms with Gasteiger partial charge in [0.15, 0.2) is 0 Å². The Kier molecular flexibility index (Phi) is 5.92. The lowest BCUT2D eigenvalue weighted by atomic mass is 9.73. The number of carbonyl (C=O) groups is 3. The first kappa shape index (κ1) is 23.8. The van der Waals surface area contributed by atoms with Crippen molar-refractivity contribution < 1.29 is 24.2 Å². The molecule has 0 atom stereocenters. The number of rotatable bonds is 8. The summed E-state index contributed by atoms with van der Waals surface area (Å²) in [6, 6.07) is 16.2. The maximum absolute atomic E-state index is 12.9. The van der Waals surface area contributed by atoms with Crippen LogP contribution in [0.25, 0.3) is 11.1 Å². The summed E-state index contributed by atoms with van der Waals surface area (Å²) >= 11 is 0. The van der Waals surface area contributed by atoms with Gasteiger partial charge >= 0.3 is 12.1 Å². The molecule has 2 aromatic rings. The fourth-order valence-electron chi connectivity index (χ4n) is 4.42. The zero-order chi connectivity index (χ0) is 24.7. The summed E-state index contributed by atoms with van der Waals surface area (Å²) in [5.74, 6) is -1.26. The van der Waals surface area contributed by atoms with Gasteiger partial charge in [-0.25, -0.2) is 4.79 Å². The SMILES string of the molecule is CC(C)(NC(=O)OCC1c2ccccc2-c2ccccc21)C(C)(C)C(=O)NCC1(C(=O)O)CC1. The first-order valence-corrected chi connectivity index (χ1v) is 11.6. The van der Waals surface area contributed by atoms with Crippen molar-refractivity contribution in [3.63, 3.8) is 0 Å². The number of carboxylic acid groups (broad SMARTS) is 1. The lowest BCUT2D eigenvalue weighted by Gasteiger charge is -2.40. The smallest absolute Gasteiger partial charge is 0.407 e. The zero-order valence-electron chi connectivity index (χ0n) is 20.1. The average molecular weight is 465 g/mol. The molecule has 2 aliphatic rings. The average Bonchev–Trinajstić information content (AvgIpc) is 3.53. The van der Waals surface area contributed by atoms with Gasteiger partial charge in [0.25, 0.3) is 0 Å². The van der Waals surface area contributed by atoms with Gasteiger partial charge in [-0.3, -0.25) is 9.59 Å². The molecule has 0 radical (unpaired) electrons. The standard InChI is InChI=1S/C27H32N2O5/c1-25(2,22(30)28-16-27(13-14-27)23(31)32)26(3,4)29-24(33)34-15-21-19-11-7-5-9-17(19)18-10-6-8-12-20(18)21/h5-12,21H,13-16H2,1-4H3,(H,28,30)(H,29,33)(H,31,32). The molecule has 3 N–H and O–H groups in total. The van der Waals surface area contributed by atoms with Crippen LogP contribution in [0.15, 0.2) is 48.5 Å². The molecule has 1 fully saturated rings. The van der Waals surface area contributed by atoms with E-state index in [1.165, 1.54) is 0 Å². The van der Waals surface area contributed by atoms with E-state index in [0.717, 1.165) is 22.3 Å². The van der Waals surface area contributed by atoms with Crippen LogP contribution in [-0.4, -0.2) is 41.8 Å². The predicted molar refractivity (Wildman–Crippen MR) is 128 cm³/mol. The van der Waals surface area contributed by atoms with Crippen LogP contribution in [0.4, 0.5) is 4.79 Å². The van der Waals surface area contributed by atoms with Crippen LogP contribution in [0.5, 0.6) is 0 Å². The van der Waals surface area contributed by atoms with Crippen molar-refractivity contribution in [3.8, 4) is 11.1 Å². The minimum atomic E-state index is -1.01. The van der Waals surface area contributed by atoms with E-state index in [1.807, 2.05) is 24.3 Å². The van der Waals surface area contributed by atoms with E-state index in [-0.39, 0.29) is 25.0 Å². The van der Waals surface area contributed by atoms with Crippen LogP contribution in [-0.2, 0) is 14.3 Å². The maximum Gasteiger partial charge on any atom is 0.407 e. The molecule has 4 rings (SSSR count). The Morgan fingerprint density at radius 1 is 0.971 bits per heavy atom. The molecule has 0 aliphatic heterocycles. The minimum Gasteiger partial charge on any atom is -0.481 e. The molecular formula is C27H32N2O5. The number of benzene rings is 2. The molecule has 0 unspecified atom stereocenters. The molecule has 0 spiro atoms. The second-order valence-electron chi connectivity index (χ2n) is 10.5. The van der Waals surface area contributed by atoms with Gasteiger partial charge in [-0.15, -0.1) is 0 Å². The third-order valence-corrected chi connectivity index (χ3v) is 7.78. The number of aliphatic carboxylic acids is 1. The fraction of sp³-hybridized carbons (Fsp3) is 0.444. The van der Waals surface area contributed by atoms with Gasteiger partial charge in [-0.05, 0) is 62.8 Å². The molecule has 34 heavy (non-hydrogen) atoms. The summed E-state index contributed by atoms with van der Waals surface area (Å²) < 4.78 is 5.65. The molecular weight excluding hydrogens is 432 g/mol. The first-order valence-electron chi connectivity index (χ1n) is 11.6. The van der Waals surface area contributed by atoms with Gasteiger partial charge in [0.1, 0.15) is 6.61 Å². The summed E-state index contributed by atoms with van der Waals surface area (Å²) in [5.41, 5.74) is 1.76. The summed E-state index contributed by atoms with van der Waals surface area (Å²) in [5, 5.41) is 15.0. The normalized spacial score (nSPS) is 16.2. The monoisotopic (exact) mass is 464 g/mol. The minimum absolute atomic E-state index is 0.0525. The van der Waals surface area contributed by atoms with E-state index in [1.54, 1.807) is 27.7 Å². The molecule has 0 heterocycles. The number of fused-ring (bicyclic) bond motifs is 3. The van der Waals surface area contributed by atoms with Gasteiger partial charge in [-0.1, -0.05) is 48.5 Å². The van der Waals surface area contributed by atoms with Crippen molar-refractivity contribution in [1.82, 2.24) is 10.6 Å². The molecule has 7 nitrogen and oxygen atoms in total. The molecule has 2 aliphatic carbocycles. The van der Waals surface area contributed by atoms with E-state index in [2.05, 4.69) is 34.9 Å². The van der Waals surface area contributed by atoms with Crippen LogP contribution in [0, 0.1) is 10.8 Å². The van der Waals surface area contributed by atoms with E-state index in [9.17, 15) is 19.5 Å². The second kappa shape index (κ2) is 8.46. The van der Waals surface area contributed by atoms with Gasteiger partial charge < -0.3 is 20.5 Å². The number of alkyl carbamates (subject to hydrolysis) is 1. The van der Waals surface area contributed by atoms with Crippen LogP contribution >= 0.6 is 0 Å². The number of amides is 2. The van der Waals surface area contributed by atoms with Crippen LogP contribution in [0.3, 0.4) is 0 Å². The number of carboxylic acids is 1. The summed E-state index contributed by atoms with van der Waals surface area (Å²) in [6.45, 7) is 7.25. The number of carbonyl (C=O) groups excluding carboxylic acids is 2. The Bertz CT molecular complexity index is 1090. The number of nitrogens with one attached hydrogen (secondary N) is 2. The van der Waals surface area contributed by atoms with Crippen LogP contribution < -0.4 is 10.6 Å². The fourth-order valence-corrected chi connectivity index (χ4v) is 4.42. The highest BCUT2D eigenvalue weighted by atomic mass is 16.5.